The maximum Gasteiger partial charge on any atom is 0.175 e. The van der Waals surface area contributed by atoms with Crippen molar-refractivity contribution < 1.29 is 9.62 Å². The summed E-state index contributed by atoms with van der Waals surface area (Å²) in [5.41, 5.74) is 2.44. The van der Waals surface area contributed by atoms with Gasteiger partial charge >= 0.3 is 0 Å². The molecular formula is C12H11N3O2. The van der Waals surface area contributed by atoms with E-state index in [1.165, 1.54) is 18.0 Å². The quantitative estimate of drug-likeness (QED) is 0.376. The third-order valence-electron chi connectivity index (χ3n) is 2.16. The van der Waals surface area contributed by atoms with E-state index >= 15 is 0 Å². The predicted octanol–water partition coefficient (Wildman–Crippen LogP) is 3.81. The van der Waals surface area contributed by atoms with E-state index < -0.39 is 0 Å². The molecular weight excluding hydrogens is 218 g/mol. The minimum Gasteiger partial charge on any atom is -0.461 e. The highest BCUT2D eigenvalue weighted by atomic mass is 16.4. The van der Waals surface area contributed by atoms with Crippen LogP contribution in [0, 0.1) is 6.92 Å². The molecule has 1 aromatic heterocycles. The lowest BCUT2D eigenvalue weighted by atomic mass is 10.2. The van der Waals surface area contributed by atoms with Gasteiger partial charge in [0.05, 0.1) is 12.0 Å². The highest BCUT2D eigenvalue weighted by molar-refractivity contribution is 5.82. The molecule has 0 aliphatic carbocycles. The zero-order chi connectivity index (χ0) is 12.1. The number of benzene rings is 1. The lowest BCUT2D eigenvalue weighted by Gasteiger charge is -1.93. The fourth-order valence-electron chi connectivity index (χ4n) is 1.27. The smallest absolute Gasteiger partial charge is 0.175 e. The standard InChI is InChI=1S/C12H11N3O2/c1-9-2-4-10(5-3-9)14-15-11-6-7-17-12(11)8-13-16/h2-8,16H,1H3. The van der Waals surface area contributed by atoms with Crippen LogP contribution in [0.25, 0.3) is 0 Å². The first-order valence-corrected chi connectivity index (χ1v) is 5.03. The average Bonchev–Trinajstić information content (AvgIpc) is 2.77. The molecule has 0 amide bonds. The van der Waals surface area contributed by atoms with Crippen LogP contribution in [0.2, 0.25) is 0 Å². The normalized spacial score (nSPS) is 11.6. The van der Waals surface area contributed by atoms with Crippen molar-refractivity contribution in [2.24, 2.45) is 15.4 Å². The van der Waals surface area contributed by atoms with Crippen molar-refractivity contribution in [1.82, 2.24) is 0 Å². The zero-order valence-corrected chi connectivity index (χ0v) is 9.24. The minimum atomic E-state index is 0.364. The van der Waals surface area contributed by atoms with E-state index in [-0.39, 0.29) is 0 Å². The number of hydrogen-bond acceptors (Lipinski definition) is 5. The van der Waals surface area contributed by atoms with Crippen molar-refractivity contribution in [3.63, 3.8) is 0 Å². The summed E-state index contributed by atoms with van der Waals surface area (Å²) in [7, 11) is 0. The molecule has 0 unspecified atom stereocenters. The SMILES string of the molecule is Cc1ccc(N=Nc2ccoc2C=NO)cc1. The Morgan fingerprint density at radius 2 is 1.88 bits per heavy atom. The largest absolute Gasteiger partial charge is 0.461 e. The highest BCUT2D eigenvalue weighted by Gasteiger charge is 2.02. The summed E-state index contributed by atoms with van der Waals surface area (Å²) >= 11 is 0. The van der Waals surface area contributed by atoms with Gasteiger partial charge in [0.1, 0.15) is 11.9 Å². The molecule has 1 aromatic carbocycles. The number of furan rings is 1. The van der Waals surface area contributed by atoms with Crippen molar-refractivity contribution in [2.45, 2.75) is 6.92 Å². The van der Waals surface area contributed by atoms with E-state index in [0.717, 1.165) is 5.69 Å². The Bertz CT molecular complexity index is 541. The van der Waals surface area contributed by atoms with Gasteiger partial charge in [0.15, 0.2) is 5.76 Å². The molecule has 5 nitrogen and oxygen atoms in total. The zero-order valence-electron chi connectivity index (χ0n) is 9.24. The monoisotopic (exact) mass is 229 g/mol. The number of oxime groups is 1. The van der Waals surface area contributed by atoms with E-state index in [0.29, 0.717) is 11.4 Å². The highest BCUT2D eigenvalue weighted by Crippen LogP contribution is 2.22. The third kappa shape index (κ3) is 2.78. The van der Waals surface area contributed by atoms with Gasteiger partial charge in [0, 0.05) is 6.07 Å². The van der Waals surface area contributed by atoms with E-state index in [1.807, 2.05) is 31.2 Å². The molecule has 86 valence electrons. The fraction of sp³-hybridized carbons (Fsp3) is 0.0833. The lowest BCUT2D eigenvalue weighted by molar-refractivity contribution is 0.320. The molecule has 0 fully saturated rings. The fourth-order valence-corrected chi connectivity index (χ4v) is 1.27. The van der Waals surface area contributed by atoms with Gasteiger partial charge in [-0.2, -0.15) is 5.11 Å². The van der Waals surface area contributed by atoms with Crippen molar-refractivity contribution in [1.29, 1.82) is 0 Å². The molecule has 0 bridgehead atoms. The second-order valence-corrected chi connectivity index (χ2v) is 3.45. The third-order valence-corrected chi connectivity index (χ3v) is 2.16. The summed E-state index contributed by atoms with van der Waals surface area (Å²) in [6.45, 7) is 2.01. The van der Waals surface area contributed by atoms with Gasteiger partial charge in [0.25, 0.3) is 0 Å². The molecule has 5 heteroatoms. The molecule has 0 aliphatic rings. The van der Waals surface area contributed by atoms with Crippen LogP contribution >= 0.6 is 0 Å². The Hall–Kier alpha value is -2.43. The maximum absolute atomic E-state index is 8.42. The van der Waals surface area contributed by atoms with Crippen molar-refractivity contribution >= 4 is 17.6 Å². The first-order chi connectivity index (χ1) is 8.29. The van der Waals surface area contributed by atoms with E-state index in [9.17, 15) is 0 Å². The van der Waals surface area contributed by atoms with Crippen LogP contribution in [0.1, 0.15) is 11.3 Å². The molecule has 0 saturated heterocycles. The van der Waals surface area contributed by atoms with Gasteiger partial charge in [-0.1, -0.05) is 22.9 Å². The molecule has 2 rings (SSSR count). The molecule has 0 aliphatic heterocycles. The van der Waals surface area contributed by atoms with Gasteiger partial charge < -0.3 is 9.62 Å². The minimum absolute atomic E-state index is 0.364. The number of rotatable bonds is 3. The first-order valence-electron chi connectivity index (χ1n) is 5.03. The van der Waals surface area contributed by atoms with E-state index in [1.54, 1.807) is 6.07 Å². The number of aryl methyl sites for hydroxylation is 1. The van der Waals surface area contributed by atoms with Crippen LogP contribution < -0.4 is 0 Å². The van der Waals surface area contributed by atoms with Crippen LogP contribution in [0.15, 0.2) is 56.4 Å². The molecule has 1 N–H and O–H groups in total. The van der Waals surface area contributed by atoms with E-state index in [2.05, 4.69) is 15.4 Å². The van der Waals surface area contributed by atoms with E-state index in [4.69, 9.17) is 9.62 Å². The summed E-state index contributed by atoms with van der Waals surface area (Å²) in [5, 5.41) is 19.4. The van der Waals surface area contributed by atoms with Gasteiger partial charge in [-0.15, -0.1) is 5.11 Å². The van der Waals surface area contributed by atoms with Crippen LogP contribution in [0.5, 0.6) is 0 Å². The molecule has 0 atom stereocenters. The second-order valence-electron chi connectivity index (χ2n) is 3.45. The summed E-state index contributed by atoms with van der Waals surface area (Å²) in [6.07, 6.45) is 2.63. The number of nitrogens with zero attached hydrogens (tertiary/aromatic N) is 3. The Labute approximate surface area is 98.1 Å². The van der Waals surface area contributed by atoms with Crippen LogP contribution in [0.3, 0.4) is 0 Å². The lowest BCUT2D eigenvalue weighted by Crippen LogP contribution is -1.74. The summed E-state index contributed by atoms with van der Waals surface area (Å²) in [6, 6.07) is 9.31. The Balaban J connectivity index is 2.20. The Morgan fingerprint density at radius 1 is 1.12 bits per heavy atom. The predicted molar refractivity (Wildman–Crippen MR) is 63.4 cm³/mol. The molecule has 0 saturated carbocycles. The summed E-state index contributed by atoms with van der Waals surface area (Å²) < 4.78 is 5.05. The van der Waals surface area contributed by atoms with Crippen molar-refractivity contribution in [3.8, 4) is 0 Å². The maximum atomic E-state index is 8.42. The van der Waals surface area contributed by atoms with Gasteiger partial charge in [-0.3, -0.25) is 0 Å². The first kappa shape index (κ1) is 11.1. The van der Waals surface area contributed by atoms with Crippen LogP contribution in [-0.4, -0.2) is 11.4 Å². The van der Waals surface area contributed by atoms with Gasteiger partial charge in [-0.25, -0.2) is 0 Å². The van der Waals surface area contributed by atoms with Crippen molar-refractivity contribution in [2.75, 3.05) is 0 Å². The average molecular weight is 229 g/mol. The topological polar surface area (TPSA) is 70.5 Å². The van der Waals surface area contributed by atoms with Crippen LogP contribution in [-0.2, 0) is 0 Å². The van der Waals surface area contributed by atoms with Crippen LogP contribution in [0.4, 0.5) is 11.4 Å². The molecule has 0 spiro atoms. The summed E-state index contributed by atoms with van der Waals surface area (Å²) in [5.74, 6) is 0.364. The van der Waals surface area contributed by atoms with Gasteiger partial charge in [0.2, 0.25) is 0 Å². The number of hydrogen-bond donors (Lipinski definition) is 1. The Morgan fingerprint density at radius 3 is 2.59 bits per heavy atom. The molecule has 0 radical (unpaired) electrons. The Kier molecular flexibility index (Phi) is 3.30. The summed E-state index contributed by atoms with van der Waals surface area (Å²) in [4.78, 5) is 0. The van der Waals surface area contributed by atoms with Gasteiger partial charge in [-0.05, 0) is 19.1 Å². The number of azo groups is 1. The van der Waals surface area contributed by atoms with Crippen molar-refractivity contribution in [3.05, 3.63) is 47.9 Å². The molecule has 1 heterocycles. The molecule has 17 heavy (non-hydrogen) atoms. The second kappa shape index (κ2) is 5.07. The molecule has 2 aromatic rings.